The highest BCUT2D eigenvalue weighted by Gasteiger charge is 1.99. The zero-order chi connectivity index (χ0) is 12.0. The van der Waals surface area contributed by atoms with Crippen LogP contribution in [0.25, 0.3) is 0 Å². The van der Waals surface area contributed by atoms with Crippen LogP contribution in [0.2, 0.25) is 0 Å². The van der Waals surface area contributed by atoms with Crippen LogP contribution in [0.15, 0.2) is 12.2 Å². The minimum atomic E-state index is -0.883. The number of hydrogen-bond acceptors (Lipinski definition) is 3. The number of rotatable bonds is 3. The lowest BCUT2D eigenvalue weighted by molar-refractivity contribution is -0.132. The van der Waals surface area contributed by atoms with Gasteiger partial charge in [0, 0.05) is 5.57 Å². The van der Waals surface area contributed by atoms with E-state index in [1.165, 1.54) is 0 Å². The summed E-state index contributed by atoms with van der Waals surface area (Å²) in [6.45, 7) is 5.27. The topological polar surface area (TPSA) is 61.4 Å². The van der Waals surface area contributed by atoms with E-state index in [9.17, 15) is 4.79 Å². The normalized spacial score (nSPS) is 7.00. The van der Waals surface area contributed by atoms with Crippen molar-refractivity contribution >= 4 is 23.0 Å². The van der Waals surface area contributed by atoms with E-state index in [0.717, 1.165) is 6.42 Å². The fourth-order valence-corrected chi connectivity index (χ4v) is 0.409. The average Bonchev–Trinajstić information content (AvgIpc) is 2.07. The van der Waals surface area contributed by atoms with Crippen molar-refractivity contribution in [1.82, 2.24) is 10.6 Å². The first kappa shape index (κ1) is 24.0. The molecule has 0 aliphatic rings. The summed E-state index contributed by atoms with van der Waals surface area (Å²) in [4.78, 5) is 9.99. The molecule has 15 heavy (non-hydrogen) atoms. The van der Waals surface area contributed by atoms with Gasteiger partial charge in [-0.3, -0.25) is 0 Å². The lowest BCUT2D eigenvalue weighted by Crippen LogP contribution is -1.97. The van der Waals surface area contributed by atoms with Crippen LogP contribution in [-0.4, -0.2) is 39.3 Å². The predicted octanol–water partition coefficient (Wildman–Crippen LogP) is 1.68. The summed E-state index contributed by atoms with van der Waals surface area (Å²) in [7, 11) is 7.50. The van der Waals surface area contributed by atoms with E-state index >= 15 is 0 Å². The summed E-state index contributed by atoms with van der Waals surface area (Å²) in [5, 5.41) is 13.7. The molecule has 0 unspecified atom stereocenters. The first-order valence-corrected chi connectivity index (χ1v) is 4.59. The Labute approximate surface area is 104 Å². The Bertz CT molecular complexity index is 139. The molecule has 0 heterocycles. The number of carbonyl (C=O) groups is 1. The molecule has 0 amide bonds. The highest BCUT2D eigenvalue weighted by molar-refractivity contribution is 8.93. The second kappa shape index (κ2) is 23.4. The van der Waals surface area contributed by atoms with Gasteiger partial charge in [0.25, 0.3) is 0 Å². The van der Waals surface area contributed by atoms with E-state index in [4.69, 9.17) is 5.11 Å². The summed E-state index contributed by atoms with van der Waals surface area (Å²) in [6.07, 6.45) is 1.44. The molecule has 0 saturated heterocycles. The lowest BCUT2D eigenvalue weighted by atomic mass is 10.2. The number of carboxylic acids is 1. The van der Waals surface area contributed by atoms with Crippen molar-refractivity contribution in [2.24, 2.45) is 0 Å². The van der Waals surface area contributed by atoms with Gasteiger partial charge in [-0.05, 0) is 34.6 Å². The number of aliphatic carboxylic acids is 1. The Kier molecular flexibility index (Phi) is 37.6. The molecule has 0 aromatic rings. The number of carboxylic acid groups (broad SMARTS) is 1. The molecule has 94 valence electrons. The summed E-state index contributed by atoms with van der Waals surface area (Å²) >= 11 is 0. The first-order valence-electron chi connectivity index (χ1n) is 4.59. The maximum absolute atomic E-state index is 9.99. The Hall–Kier alpha value is -0.390. The SMILES string of the molecule is Br.C=C(CCC)C(=O)O.CNC.CNC. The van der Waals surface area contributed by atoms with Crippen molar-refractivity contribution in [3.05, 3.63) is 12.2 Å². The van der Waals surface area contributed by atoms with Crippen molar-refractivity contribution in [3.63, 3.8) is 0 Å². The van der Waals surface area contributed by atoms with E-state index in [1.807, 2.05) is 35.1 Å². The molecule has 5 heteroatoms. The molecule has 0 rings (SSSR count). The molecule has 0 aliphatic carbocycles. The molecule has 0 spiro atoms. The largest absolute Gasteiger partial charge is 0.478 e. The van der Waals surface area contributed by atoms with Crippen LogP contribution in [0.3, 0.4) is 0 Å². The van der Waals surface area contributed by atoms with E-state index in [0.29, 0.717) is 12.0 Å². The third kappa shape index (κ3) is 42.0. The van der Waals surface area contributed by atoms with Crippen LogP contribution in [0.5, 0.6) is 0 Å². The van der Waals surface area contributed by atoms with Gasteiger partial charge in [-0.2, -0.15) is 0 Å². The van der Waals surface area contributed by atoms with Gasteiger partial charge in [0.2, 0.25) is 0 Å². The molecule has 0 saturated carbocycles. The average molecular weight is 285 g/mol. The Morgan fingerprint density at radius 1 is 1.20 bits per heavy atom. The van der Waals surface area contributed by atoms with Gasteiger partial charge >= 0.3 is 5.97 Å². The van der Waals surface area contributed by atoms with Crippen molar-refractivity contribution in [2.45, 2.75) is 19.8 Å². The Balaban J connectivity index is -0.0000000733. The van der Waals surface area contributed by atoms with Crippen LogP contribution >= 0.6 is 17.0 Å². The van der Waals surface area contributed by atoms with Gasteiger partial charge in [-0.25, -0.2) is 4.79 Å². The molecule has 0 aromatic carbocycles. The van der Waals surface area contributed by atoms with Gasteiger partial charge in [-0.15, -0.1) is 17.0 Å². The number of halogens is 1. The van der Waals surface area contributed by atoms with Crippen molar-refractivity contribution in [3.8, 4) is 0 Å². The van der Waals surface area contributed by atoms with Crippen LogP contribution < -0.4 is 10.6 Å². The summed E-state index contributed by atoms with van der Waals surface area (Å²) in [6, 6.07) is 0. The zero-order valence-electron chi connectivity index (χ0n) is 10.4. The van der Waals surface area contributed by atoms with E-state index in [1.54, 1.807) is 0 Å². The summed E-state index contributed by atoms with van der Waals surface area (Å²) in [5.41, 5.74) is 0.299. The second-order valence-electron chi connectivity index (χ2n) is 2.66. The number of hydrogen-bond donors (Lipinski definition) is 3. The van der Waals surface area contributed by atoms with Crippen LogP contribution in [0.4, 0.5) is 0 Å². The minimum Gasteiger partial charge on any atom is -0.478 e. The number of nitrogens with one attached hydrogen (secondary N) is 2. The van der Waals surface area contributed by atoms with Crippen LogP contribution in [-0.2, 0) is 4.79 Å². The summed E-state index contributed by atoms with van der Waals surface area (Å²) < 4.78 is 0. The van der Waals surface area contributed by atoms with Gasteiger partial charge < -0.3 is 15.7 Å². The highest BCUT2D eigenvalue weighted by Crippen LogP contribution is 1.99. The Morgan fingerprint density at radius 3 is 1.53 bits per heavy atom. The predicted molar refractivity (Wildman–Crippen MR) is 72.0 cm³/mol. The summed E-state index contributed by atoms with van der Waals surface area (Å²) in [5.74, 6) is -0.883. The van der Waals surface area contributed by atoms with E-state index < -0.39 is 5.97 Å². The van der Waals surface area contributed by atoms with Crippen molar-refractivity contribution in [1.29, 1.82) is 0 Å². The molecular weight excluding hydrogens is 260 g/mol. The standard InChI is InChI=1S/C6H10O2.2C2H7N.BrH/c1-3-4-5(2)6(7)8;2*1-3-2;/h2-4H2,1H3,(H,7,8);2*3H,1-2H3;1H. The molecular formula is C10H25BrN2O2. The monoisotopic (exact) mass is 284 g/mol. The molecule has 3 N–H and O–H groups in total. The smallest absolute Gasteiger partial charge is 0.330 e. The molecule has 0 aliphatic heterocycles. The quantitative estimate of drug-likeness (QED) is 0.690. The first-order chi connectivity index (χ1) is 6.51. The lowest BCUT2D eigenvalue weighted by Gasteiger charge is -1.92. The molecule has 0 aromatic heterocycles. The van der Waals surface area contributed by atoms with Crippen molar-refractivity contribution in [2.75, 3.05) is 28.2 Å². The third-order valence-electron chi connectivity index (χ3n) is 0.854. The molecule has 0 fully saturated rings. The van der Waals surface area contributed by atoms with Crippen LogP contribution in [0.1, 0.15) is 19.8 Å². The second-order valence-corrected chi connectivity index (χ2v) is 2.66. The zero-order valence-corrected chi connectivity index (χ0v) is 12.1. The van der Waals surface area contributed by atoms with Gasteiger partial charge in [0.05, 0.1) is 0 Å². The maximum atomic E-state index is 9.99. The van der Waals surface area contributed by atoms with Gasteiger partial charge in [-0.1, -0.05) is 19.9 Å². The fraction of sp³-hybridized carbons (Fsp3) is 0.700. The maximum Gasteiger partial charge on any atom is 0.330 e. The molecule has 0 atom stereocenters. The van der Waals surface area contributed by atoms with Crippen LogP contribution in [0, 0.1) is 0 Å². The Morgan fingerprint density at radius 2 is 1.47 bits per heavy atom. The van der Waals surface area contributed by atoms with Gasteiger partial charge in [0.1, 0.15) is 0 Å². The van der Waals surface area contributed by atoms with E-state index in [2.05, 4.69) is 17.2 Å². The van der Waals surface area contributed by atoms with Gasteiger partial charge in [0.15, 0.2) is 0 Å². The fourth-order valence-electron chi connectivity index (χ4n) is 0.409. The third-order valence-corrected chi connectivity index (χ3v) is 0.854. The highest BCUT2D eigenvalue weighted by atomic mass is 79.9. The molecule has 0 radical (unpaired) electrons. The molecule has 0 bridgehead atoms. The van der Waals surface area contributed by atoms with E-state index in [-0.39, 0.29) is 17.0 Å². The molecule has 4 nitrogen and oxygen atoms in total. The minimum absolute atomic E-state index is 0. The van der Waals surface area contributed by atoms with Crippen molar-refractivity contribution < 1.29 is 9.90 Å².